The maximum absolute atomic E-state index is 12.8. The molecule has 0 aromatic carbocycles. The van der Waals surface area contributed by atoms with Crippen LogP contribution in [0.1, 0.15) is 20.8 Å². The van der Waals surface area contributed by atoms with Crippen molar-refractivity contribution in [1.29, 1.82) is 0 Å². The van der Waals surface area contributed by atoms with E-state index in [0.717, 1.165) is 16.8 Å². The van der Waals surface area contributed by atoms with Crippen LogP contribution in [0.4, 0.5) is 4.39 Å². The van der Waals surface area contributed by atoms with Gasteiger partial charge < -0.3 is 14.6 Å². The van der Waals surface area contributed by atoms with Gasteiger partial charge in [-0.15, -0.1) is 4.52 Å². The molecular weight excluding hydrogens is 400 g/mol. The van der Waals surface area contributed by atoms with Crippen LogP contribution in [-0.4, -0.2) is 58.3 Å². The number of aliphatic hydroxyl groups excluding tert-OH is 1. The van der Waals surface area contributed by atoms with E-state index in [1.54, 1.807) is 13.8 Å². The lowest BCUT2D eigenvalue weighted by atomic mass is 10.2. The molecule has 0 aliphatic carbocycles. The molecule has 11 nitrogen and oxygen atoms in total. The lowest BCUT2D eigenvalue weighted by Crippen LogP contribution is -2.38. The van der Waals surface area contributed by atoms with Gasteiger partial charge in [0.25, 0.3) is 5.56 Å². The Kier molecular flexibility index (Phi) is 10.1. The highest BCUT2D eigenvalue weighted by Crippen LogP contribution is 2.20. The zero-order chi connectivity index (χ0) is 21.3. The molecule has 0 saturated heterocycles. The Hall–Kier alpha value is -1.98. The molecule has 1 aromatic heterocycles. The van der Waals surface area contributed by atoms with Crippen molar-refractivity contribution in [3.8, 4) is 0 Å². The lowest BCUT2D eigenvalue weighted by Gasteiger charge is -2.19. The molecule has 13 heteroatoms. The van der Waals surface area contributed by atoms with Crippen molar-refractivity contribution in [3.05, 3.63) is 33.1 Å². The third-order valence-electron chi connectivity index (χ3n) is 3.27. The highest BCUT2D eigenvalue weighted by atomic mass is 31.1. The number of rotatable bonds is 12. The topological polar surface area (TPSA) is 149 Å². The molecule has 0 bridgehead atoms. The number of halogens is 1. The summed E-state index contributed by atoms with van der Waals surface area (Å²) >= 11 is 0. The number of esters is 1. The molecule has 1 aromatic rings. The number of aromatic nitrogens is 2. The molecule has 28 heavy (non-hydrogen) atoms. The van der Waals surface area contributed by atoms with Crippen LogP contribution < -0.4 is 16.3 Å². The number of nitrogens with one attached hydrogen (secondary N) is 2. The van der Waals surface area contributed by atoms with E-state index in [0.29, 0.717) is 0 Å². The van der Waals surface area contributed by atoms with Gasteiger partial charge in [-0.1, -0.05) is 5.09 Å². The molecule has 2 unspecified atom stereocenters. The van der Waals surface area contributed by atoms with E-state index in [2.05, 4.69) is 5.09 Å². The van der Waals surface area contributed by atoms with Gasteiger partial charge in [0.1, 0.15) is 38.3 Å². The number of nitrogens with zero attached hydrogens (tertiary/aromatic N) is 1. The van der Waals surface area contributed by atoms with Gasteiger partial charge in [0.2, 0.25) is 0 Å². The van der Waals surface area contributed by atoms with E-state index in [9.17, 15) is 28.4 Å². The summed E-state index contributed by atoms with van der Waals surface area (Å²) in [7, 11) is -2.55. The van der Waals surface area contributed by atoms with Gasteiger partial charge in [-0.2, -0.15) is 0 Å². The van der Waals surface area contributed by atoms with E-state index in [4.69, 9.17) is 14.0 Å². The Morgan fingerprint density at radius 2 is 2.07 bits per heavy atom. The van der Waals surface area contributed by atoms with Crippen molar-refractivity contribution in [2.24, 2.45) is 0 Å². The number of carbonyl (C=O) groups excluding carboxylic acids is 1. The van der Waals surface area contributed by atoms with Crippen LogP contribution in [0.3, 0.4) is 0 Å². The fraction of sp³-hybridized carbons (Fsp3) is 0.667. The van der Waals surface area contributed by atoms with Gasteiger partial charge in [-0.05, 0) is 25.3 Å². The first-order chi connectivity index (χ1) is 13.1. The van der Waals surface area contributed by atoms with Crippen LogP contribution in [-0.2, 0) is 30.1 Å². The molecule has 0 saturated carbocycles. The summed E-state index contributed by atoms with van der Waals surface area (Å²) in [6, 6.07) is 0.163. The molecule has 0 amide bonds. The minimum absolute atomic E-state index is 0.343. The van der Waals surface area contributed by atoms with Crippen molar-refractivity contribution in [2.45, 2.75) is 51.9 Å². The standard InChI is InChI=1S/C15H23FN3O8P/c1-9(2)27-14(22)10(3)18-28(24)26-7-12(11(20)6-16)25-8-19-5-4-13(21)17-15(19)23/h4-5,9-12,20H,6-8H2,1-3H3,(H-,17,18,21,23,24)/p+1/t10-,11+,12?/m0/s1. The van der Waals surface area contributed by atoms with Gasteiger partial charge >= 0.3 is 19.8 Å². The molecule has 1 rings (SSSR count). The average Bonchev–Trinajstić information content (AvgIpc) is 2.61. The summed E-state index contributed by atoms with van der Waals surface area (Å²) in [4.78, 5) is 36.3. The first kappa shape index (κ1) is 24.1. The zero-order valence-corrected chi connectivity index (χ0v) is 16.6. The molecule has 1 heterocycles. The molecule has 0 aliphatic heterocycles. The van der Waals surface area contributed by atoms with Gasteiger partial charge in [0.15, 0.2) is 0 Å². The lowest BCUT2D eigenvalue weighted by molar-refractivity contribution is -0.149. The van der Waals surface area contributed by atoms with E-state index in [1.165, 1.54) is 6.92 Å². The van der Waals surface area contributed by atoms with Crippen molar-refractivity contribution in [2.75, 3.05) is 13.3 Å². The van der Waals surface area contributed by atoms with Gasteiger partial charge in [-0.3, -0.25) is 19.1 Å². The number of aromatic amines is 1. The summed E-state index contributed by atoms with van der Waals surface area (Å²) in [5.74, 6) is -0.629. The number of ether oxygens (including phenoxy) is 2. The monoisotopic (exact) mass is 424 g/mol. The second-order valence-corrected chi connectivity index (χ2v) is 7.06. The van der Waals surface area contributed by atoms with E-state index in [1.807, 2.05) is 4.98 Å². The fourth-order valence-corrected chi connectivity index (χ4v) is 2.59. The van der Waals surface area contributed by atoms with Gasteiger partial charge in [0, 0.05) is 12.3 Å². The molecule has 3 N–H and O–H groups in total. The van der Waals surface area contributed by atoms with Crippen LogP contribution in [0.25, 0.3) is 0 Å². The van der Waals surface area contributed by atoms with Crippen LogP contribution >= 0.6 is 8.18 Å². The highest BCUT2D eigenvalue weighted by molar-refractivity contribution is 7.36. The predicted molar refractivity (Wildman–Crippen MR) is 95.6 cm³/mol. The Bertz CT molecular complexity index is 768. The minimum Gasteiger partial charge on any atom is -0.462 e. The van der Waals surface area contributed by atoms with Gasteiger partial charge in [-0.25, -0.2) is 9.18 Å². The molecular formula is C15H24FN3O8P+. The third kappa shape index (κ3) is 8.36. The smallest absolute Gasteiger partial charge is 0.462 e. The Labute approximate surface area is 160 Å². The predicted octanol–water partition coefficient (Wildman–Crippen LogP) is -0.187. The van der Waals surface area contributed by atoms with Gasteiger partial charge in [0.05, 0.1) is 6.10 Å². The minimum atomic E-state index is -2.55. The summed E-state index contributed by atoms with van der Waals surface area (Å²) in [5, 5.41) is 12.0. The molecule has 0 spiro atoms. The second kappa shape index (κ2) is 11.8. The van der Waals surface area contributed by atoms with E-state index < -0.39 is 63.7 Å². The molecule has 0 fully saturated rings. The number of carbonyl (C=O) groups is 1. The number of alkyl halides is 1. The van der Waals surface area contributed by atoms with Crippen molar-refractivity contribution in [1.82, 2.24) is 14.6 Å². The Balaban J connectivity index is 2.59. The summed E-state index contributed by atoms with van der Waals surface area (Å²) in [6.07, 6.45) is -2.05. The number of hydrogen-bond acceptors (Lipinski definition) is 8. The maximum Gasteiger partial charge on any atom is 0.613 e. The van der Waals surface area contributed by atoms with Crippen LogP contribution in [0, 0.1) is 0 Å². The van der Waals surface area contributed by atoms with E-state index >= 15 is 0 Å². The normalized spacial score (nSPS) is 15.1. The van der Waals surface area contributed by atoms with Crippen LogP contribution in [0.15, 0.2) is 21.9 Å². The molecule has 158 valence electrons. The quantitative estimate of drug-likeness (QED) is 0.307. The fourth-order valence-electron chi connectivity index (χ4n) is 1.82. The third-order valence-corrected chi connectivity index (χ3v) is 4.25. The maximum atomic E-state index is 12.8. The number of H-pyrrole nitrogens is 1. The van der Waals surface area contributed by atoms with Crippen LogP contribution in [0.2, 0.25) is 0 Å². The molecule has 4 atom stereocenters. The summed E-state index contributed by atoms with van der Waals surface area (Å²) < 4.78 is 40.8. The van der Waals surface area contributed by atoms with E-state index in [-0.39, 0.29) is 6.10 Å². The van der Waals surface area contributed by atoms with Crippen LogP contribution in [0.5, 0.6) is 0 Å². The summed E-state index contributed by atoms with van der Waals surface area (Å²) in [5.41, 5.74) is -1.36. The summed E-state index contributed by atoms with van der Waals surface area (Å²) in [6.45, 7) is 2.67. The van der Waals surface area contributed by atoms with Crippen molar-refractivity contribution < 1.29 is 32.9 Å². The van der Waals surface area contributed by atoms with Crippen molar-refractivity contribution >= 4 is 14.1 Å². The SMILES string of the molecule is CC(C)OC(=O)[C@H](C)N[P+](=O)OCC(OCn1ccc(=O)[nH]c1=O)[C@H](O)CF. The average molecular weight is 424 g/mol. The number of aliphatic hydroxyl groups is 1. The number of hydrogen-bond donors (Lipinski definition) is 3. The Morgan fingerprint density at radius 1 is 1.39 bits per heavy atom. The molecule has 0 aliphatic rings. The first-order valence-corrected chi connectivity index (χ1v) is 9.54. The largest absolute Gasteiger partial charge is 0.613 e. The van der Waals surface area contributed by atoms with Crippen molar-refractivity contribution in [3.63, 3.8) is 0 Å². The molecule has 0 radical (unpaired) electrons. The highest BCUT2D eigenvalue weighted by Gasteiger charge is 2.31. The first-order valence-electron chi connectivity index (χ1n) is 8.36. The zero-order valence-electron chi connectivity index (χ0n) is 15.7. The Morgan fingerprint density at radius 3 is 2.64 bits per heavy atom. The second-order valence-electron chi connectivity index (χ2n) is 6.03.